The molecule has 2 nitrogen and oxygen atoms in total. The van der Waals surface area contributed by atoms with Crippen LogP contribution in [-0.4, -0.2) is 11.4 Å². The molecule has 3 rings (SSSR count). The van der Waals surface area contributed by atoms with Crippen LogP contribution < -0.4 is 4.74 Å². The van der Waals surface area contributed by atoms with Crippen molar-refractivity contribution in [2.75, 3.05) is 0 Å². The van der Waals surface area contributed by atoms with Gasteiger partial charge in [0.15, 0.2) is 5.78 Å². The highest BCUT2D eigenvalue weighted by Gasteiger charge is 2.39. The van der Waals surface area contributed by atoms with Gasteiger partial charge >= 0.3 is 0 Å². The average molecular weight is 230 g/mol. The first-order chi connectivity index (χ1) is 8.16. The van der Waals surface area contributed by atoms with Gasteiger partial charge in [0.2, 0.25) is 0 Å². The largest absolute Gasteiger partial charge is 0.486 e. The number of carbonyl (C=O) groups excluding carboxylic acids is 1. The van der Waals surface area contributed by atoms with E-state index in [1.165, 1.54) is 19.3 Å². The highest BCUT2D eigenvalue weighted by molar-refractivity contribution is 6.00. The second-order valence-electron chi connectivity index (χ2n) is 5.65. The van der Waals surface area contributed by atoms with E-state index in [1.54, 1.807) is 0 Å². The molecular weight excluding hydrogens is 212 g/mol. The van der Waals surface area contributed by atoms with E-state index in [1.807, 2.05) is 24.3 Å². The zero-order valence-corrected chi connectivity index (χ0v) is 10.2. The number of Topliss-reactive ketones (excluding diaryl/α,β-unsaturated/α-hetero) is 1. The summed E-state index contributed by atoms with van der Waals surface area (Å²) >= 11 is 0. The third-order valence-electron chi connectivity index (χ3n) is 4.02. The molecule has 1 atom stereocenters. The Labute approximate surface area is 102 Å². The molecule has 0 amide bonds. The summed E-state index contributed by atoms with van der Waals surface area (Å²) in [5, 5.41) is 0. The molecule has 1 aromatic carbocycles. The fraction of sp³-hybridized carbons (Fsp3) is 0.533. The third-order valence-corrected chi connectivity index (χ3v) is 4.02. The van der Waals surface area contributed by atoms with Crippen LogP contribution in [0.2, 0.25) is 0 Å². The minimum absolute atomic E-state index is 0.230. The molecule has 0 saturated heterocycles. The summed E-state index contributed by atoms with van der Waals surface area (Å²) in [4.78, 5) is 12.1. The van der Waals surface area contributed by atoms with Crippen LogP contribution in [0.3, 0.4) is 0 Å². The number of ketones is 1. The normalized spacial score (nSPS) is 28.2. The predicted octanol–water partition coefficient (Wildman–Crippen LogP) is 3.60. The van der Waals surface area contributed by atoms with Gasteiger partial charge in [0.05, 0.1) is 12.0 Å². The van der Waals surface area contributed by atoms with Gasteiger partial charge in [-0.3, -0.25) is 4.79 Å². The van der Waals surface area contributed by atoms with Gasteiger partial charge in [-0.05, 0) is 31.4 Å². The molecule has 0 bridgehead atoms. The summed E-state index contributed by atoms with van der Waals surface area (Å²) in [6.45, 7) is 2.08. The van der Waals surface area contributed by atoms with Gasteiger partial charge in [0.1, 0.15) is 11.4 Å². The monoisotopic (exact) mass is 230 g/mol. The van der Waals surface area contributed by atoms with Crippen molar-refractivity contribution in [2.24, 2.45) is 5.92 Å². The van der Waals surface area contributed by atoms with Crippen molar-refractivity contribution in [1.82, 2.24) is 0 Å². The summed E-state index contributed by atoms with van der Waals surface area (Å²) in [5.74, 6) is 1.76. The van der Waals surface area contributed by atoms with Crippen molar-refractivity contribution in [3.63, 3.8) is 0 Å². The summed E-state index contributed by atoms with van der Waals surface area (Å²) in [6.07, 6.45) is 5.49. The molecule has 17 heavy (non-hydrogen) atoms. The van der Waals surface area contributed by atoms with Crippen LogP contribution in [0.1, 0.15) is 49.4 Å². The molecule has 2 aliphatic rings. The van der Waals surface area contributed by atoms with Crippen LogP contribution in [0.15, 0.2) is 24.3 Å². The minimum atomic E-state index is -0.281. The Morgan fingerprint density at radius 3 is 2.82 bits per heavy atom. The van der Waals surface area contributed by atoms with Crippen LogP contribution in [0.4, 0.5) is 0 Å². The van der Waals surface area contributed by atoms with Gasteiger partial charge in [0.25, 0.3) is 0 Å². The van der Waals surface area contributed by atoms with E-state index in [0.717, 1.165) is 23.7 Å². The lowest BCUT2D eigenvalue weighted by Gasteiger charge is -2.39. The molecule has 0 aromatic heterocycles. The van der Waals surface area contributed by atoms with Crippen molar-refractivity contribution < 1.29 is 9.53 Å². The average Bonchev–Trinajstić information content (AvgIpc) is 2.24. The molecular formula is C15H18O2. The summed E-state index contributed by atoms with van der Waals surface area (Å²) in [6, 6.07) is 7.60. The van der Waals surface area contributed by atoms with Gasteiger partial charge < -0.3 is 4.74 Å². The molecule has 1 heterocycles. The Morgan fingerprint density at radius 1 is 1.35 bits per heavy atom. The zero-order valence-electron chi connectivity index (χ0n) is 10.2. The first kappa shape index (κ1) is 10.8. The Bertz CT molecular complexity index is 448. The van der Waals surface area contributed by atoms with Crippen molar-refractivity contribution in [2.45, 2.75) is 44.6 Å². The number of rotatable bonds is 2. The second-order valence-corrected chi connectivity index (χ2v) is 5.65. The van der Waals surface area contributed by atoms with Crippen molar-refractivity contribution in [1.29, 1.82) is 0 Å². The number of para-hydroxylation sites is 1. The van der Waals surface area contributed by atoms with Crippen molar-refractivity contribution >= 4 is 5.78 Å². The number of carbonyl (C=O) groups is 1. The first-order valence-electron chi connectivity index (χ1n) is 6.48. The molecule has 90 valence electrons. The molecule has 1 unspecified atom stereocenters. The Hall–Kier alpha value is -1.31. The lowest BCUT2D eigenvalue weighted by Crippen LogP contribution is -2.41. The Morgan fingerprint density at radius 2 is 2.12 bits per heavy atom. The van der Waals surface area contributed by atoms with Gasteiger partial charge in [-0.2, -0.15) is 0 Å². The predicted molar refractivity (Wildman–Crippen MR) is 66.4 cm³/mol. The maximum Gasteiger partial charge on any atom is 0.170 e. The highest BCUT2D eigenvalue weighted by atomic mass is 16.5. The van der Waals surface area contributed by atoms with Gasteiger partial charge in [-0.1, -0.05) is 31.4 Å². The highest BCUT2D eigenvalue weighted by Crippen LogP contribution is 2.41. The number of ether oxygens (including phenoxy) is 1. The fourth-order valence-electron chi connectivity index (χ4n) is 2.94. The molecule has 0 radical (unpaired) electrons. The summed E-state index contributed by atoms with van der Waals surface area (Å²) in [7, 11) is 0. The zero-order chi connectivity index (χ0) is 11.9. The van der Waals surface area contributed by atoms with E-state index in [0.29, 0.717) is 6.42 Å². The molecule has 1 fully saturated rings. The lowest BCUT2D eigenvalue weighted by atomic mass is 9.75. The SMILES string of the molecule is CC1(CC2CCC2)CC(=O)c2ccccc2O1. The smallest absolute Gasteiger partial charge is 0.170 e. The molecule has 0 N–H and O–H groups in total. The van der Waals surface area contributed by atoms with E-state index < -0.39 is 0 Å². The maximum absolute atomic E-state index is 12.1. The Kier molecular flexibility index (Phi) is 2.46. The minimum Gasteiger partial charge on any atom is -0.486 e. The topological polar surface area (TPSA) is 26.3 Å². The maximum atomic E-state index is 12.1. The number of hydrogen-bond acceptors (Lipinski definition) is 2. The van der Waals surface area contributed by atoms with Crippen LogP contribution in [-0.2, 0) is 0 Å². The second kappa shape index (κ2) is 3.86. The van der Waals surface area contributed by atoms with Gasteiger partial charge in [0, 0.05) is 0 Å². The first-order valence-corrected chi connectivity index (χ1v) is 6.48. The van der Waals surface area contributed by atoms with Crippen molar-refractivity contribution in [3.05, 3.63) is 29.8 Å². The Balaban J connectivity index is 1.84. The van der Waals surface area contributed by atoms with Crippen LogP contribution in [0.5, 0.6) is 5.75 Å². The van der Waals surface area contributed by atoms with E-state index in [9.17, 15) is 4.79 Å². The molecule has 1 aromatic rings. The molecule has 0 spiro atoms. The number of fused-ring (bicyclic) bond motifs is 1. The van der Waals surface area contributed by atoms with E-state index in [2.05, 4.69) is 6.92 Å². The summed E-state index contributed by atoms with van der Waals surface area (Å²) < 4.78 is 6.08. The number of benzene rings is 1. The van der Waals surface area contributed by atoms with E-state index >= 15 is 0 Å². The lowest BCUT2D eigenvalue weighted by molar-refractivity contribution is 0.0258. The molecule has 1 saturated carbocycles. The van der Waals surface area contributed by atoms with Crippen LogP contribution in [0.25, 0.3) is 0 Å². The van der Waals surface area contributed by atoms with Crippen LogP contribution >= 0.6 is 0 Å². The molecule has 2 heteroatoms. The van der Waals surface area contributed by atoms with Gasteiger partial charge in [-0.15, -0.1) is 0 Å². The fourth-order valence-corrected chi connectivity index (χ4v) is 2.94. The van der Waals surface area contributed by atoms with E-state index in [-0.39, 0.29) is 11.4 Å². The van der Waals surface area contributed by atoms with Crippen molar-refractivity contribution in [3.8, 4) is 5.75 Å². The number of hydrogen-bond donors (Lipinski definition) is 0. The molecule has 1 aliphatic carbocycles. The molecule has 1 aliphatic heterocycles. The third kappa shape index (κ3) is 1.97. The van der Waals surface area contributed by atoms with Gasteiger partial charge in [-0.25, -0.2) is 0 Å². The van der Waals surface area contributed by atoms with Crippen LogP contribution in [0, 0.1) is 5.92 Å². The summed E-state index contributed by atoms with van der Waals surface area (Å²) in [5.41, 5.74) is 0.467. The standard InChI is InChI=1S/C15H18O2/c1-15(9-11-5-4-6-11)10-13(16)12-7-2-3-8-14(12)17-15/h2-3,7-8,11H,4-6,9-10H2,1H3. The quantitative estimate of drug-likeness (QED) is 0.776. The van der Waals surface area contributed by atoms with E-state index in [4.69, 9.17) is 4.74 Å².